The molecule has 0 fully saturated rings. The van der Waals surface area contributed by atoms with E-state index in [0.717, 1.165) is 5.56 Å². The minimum atomic E-state index is -3.56. The molecule has 0 aliphatic rings. The summed E-state index contributed by atoms with van der Waals surface area (Å²) >= 11 is 0. The lowest BCUT2D eigenvalue weighted by Crippen LogP contribution is -2.26. The Kier molecular flexibility index (Phi) is 4.56. The molecule has 4 heteroatoms. The summed E-state index contributed by atoms with van der Waals surface area (Å²) in [4.78, 5) is 11.8. The molecule has 0 amide bonds. The maximum atomic E-state index is 12.3. The molecule has 1 atom stereocenters. The summed E-state index contributed by atoms with van der Waals surface area (Å²) in [7, 11) is -3.56. The van der Waals surface area contributed by atoms with Crippen molar-refractivity contribution >= 4 is 15.6 Å². The molecule has 1 unspecified atom stereocenters. The lowest BCUT2D eigenvalue weighted by Gasteiger charge is -2.19. The van der Waals surface area contributed by atoms with Crippen molar-refractivity contribution in [2.75, 3.05) is 0 Å². The first-order chi connectivity index (χ1) is 8.60. The fraction of sp³-hybridized carbons (Fsp3) is 0.533. The highest BCUT2D eigenvalue weighted by molar-refractivity contribution is 7.92. The maximum Gasteiger partial charge on any atom is 0.188 e. The fourth-order valence-electron chi connectivity index (χ4n) is 1.81. The number of ketones is 1. The van der Waals surface area contributed by atoms with Gasteiger partial charge in [0.15, 0.2) is 15.6 Å². The smallest absolute Gasteiger partial charge is 0.188 e. The van der Waals surface area contributed by atoms with E-state index in [1.807, 2.05) is 12.1 Å². The molecule has 0 saturated heterocycles. The van der Waals surface area contributed by atoms with Gasteiger partial charge in [-0.25, -0.2) is 8.42 Å². The Morgan fingerprint density at radius 1 is 1.16 bits per heavy atom. The van der Waals surface area contributed by atoms with Crippen molar-refractivity contribution in [1.82, 2.24) is 0 Å². The van der Waals surface area contributed by atoms with E-state index >= 15 is 0 Å². The summed E-state index contributed by atoms with van der Waals surface area (Å²) in [6.07, 6.45) is 0.237. The maximum absolute atomic E-state index is 12.3. The Labute approximate surface area is 116 Å². The molecule has 0 heterocycles. The third-order valence-electron chi connectivity index (χ3n) is 3.32. The topological polar surface area (TPSA) is 51.2 Å². The van der Waals surface area contributed by atoms with Crippen molar-refractivity contribution in [2.24, 2.45) is 0 Å². The van der Waals surface area contributed by atoms with E-state index < -0.39 is 15.1 Å². The highest BCUT2D eigenvalue weighted by atomic mass is 32.2. The number of hydrogen-bond donors (Lipinski definition) is 0. The van der Waals surface area contributed by atoms with Gasteiger partial charge in [0.05, 0.1) is 4.90 Å². The molecule has 0 radical (unpaired) electrons. The standard InChI is InChI=1S/C15H22O3S/c1-6-14(16)11(2)19(17,18)13-9-7-12(8-10-13)15(3,4)5/h7-11H,6H2,1-5H3. The van der Waals surface area contributed by atoms with E-state index in [2.05, 4.69) is 20.8 Å². The summed E-state index contributed by atoms with van der Waals surface area (Å²) in [5, 5.41) is -0.974. The van der Waals surface area contributed by atoms with Crippen molar-refractivity contribution in [2.45, 2.75) is 56.6 Å². The molecule has 0 saturated carbocycles. The van der Waals surface area contributed by atoms with Gasteiger partial charge in [-0.2, -0.15) is 0 Å². The lowest BCUT2D eigenvalue weighted by molar-refractivity contribution is -0.118. The fourth-order valence-corrected chi connectivity index (χ4v) is 3.25. The van der Waals surface area contributed by atoms with E-state index in [9.17, 15) is 13.2 Å². The Bertz CT molecular complexity index is 548. The van der Waals surface area contributed by atoms with Crippen LogP contribution >= 0.6 is 0 Å². The summed E-state index contributed by atoms with van der Waals surface area (Å²) in [5.74, 6) is -0.250. The van der Waals surface area contributed by atoms with Crippen molar-refractivity contribution in [3.05, 3.63) is 29.8 Å². The Hall–Kier alpha value is -1.16. The molecular formula is C15H22O3S. The second-order valence-electron chi connectivity index (χ2n) is 5.78. The molecule has 0 aromatic heterocycles. The average molecular weight is 282 g/mol. The molecule has 1 aromatic rings. The number of sulfone groups is 1. The molecule has 0 N–H and O–H groups in total. The summed E-state index contributed by atoms with van der Waals surface area (Å²) < 4.78 is 24.5. The number of hydrogen-bond acceptors (Lipinski definition) is 3. The molecule has 19 heavy (non-hydrogen) atoms. The van der Waals surface area contributed by atoms with Crippen LogP contribution in [-0.4, -0.2) is 19.5 Å². The van der Waals surface area contributed by atoms with Crippen LogP contribution in [0.4, 0.5) is 0 Å². The SMILES string of the molecule is CCC(=O)C(C)S(=O)(=O)c1ccc(C(C)(C)C)cc1. The quantitative estimate of drug-likeness (QED) is 0.852. The van der Waals surface area contributed by atoms with Crippen molar-refractivity contribution < 1.29 is 13.2 Å². The van der Waals surface area contributed by atoms with Gasteiger partial charge in [0.25, 0.3) is 0 Å². The van der Waals surface area contributed by atoms with Crippen LogP contribution in [-0.2, 0) is 20.0 Å². The minimum absolute atomic E-state index is 0.0207. The van der Waals surface area contributed by atoms with Crippen molar-refractivity contribution in [1.29, 1.82) is 0 Å². The van der Waals surface area contributed by atoms with E-state index in [1.165, 1.54) is 6.92 Å². The second-order valence-corrected chi connectivity index (χ2v) is 8.05. The third kappa shape index (κ3) is 3.44. The normalized spacial score (nSPS) is 14.2. The zero-order valence-electron chi connectivity index (χ0n) is 12.2. The molecule has 1 aromatic carbocycles. The summed E-state index contributed by atoms with van der Waals surface area (Å²) in [6.45, 7) is 9.34. The van der Waals surface area contributed by atoms with E-state index in [4.69, 9.17) is 0 Å². The number of Topliss-reactive ketones (excluding diaryl/α,β-unsaturated/α-hetero) is 1. The van der Waals surface area contributed by atoms with Crippen molar-refractivity contribution in [3.8, 4) is 0 Å². The van der Waals surface area contributed by atoms with Crippen LogP contribution in [0, 0.1) is 0 Å². The molecule has 0 aliphatic heterocycles. The molecule has 106 valence electrons. The molecule has 0 aliphatic carbocycles. The number of rotatable bonds is 4. The van der Waals surface area contributed by atoms with Gasteiger partial charge in [0, 0.05) is 6.42 Å². The van der Waals surface area contributed by atoms with E-state index in [1.54, 1.807) is 19.1 Å². The first-order valence-electron chi connectivity index (χ1n) is 6.48. The van der Waals surface area contributed by atoms with Crippen LogP contribution in [0.5, 0.6) is 0 Å². The molecule has 3 nitrogen and oxygen atoms in total. The van der Waals surface area contributed by atoms with Crippen LogP contribution < -0.4 is 0 Å². The minimum Gasteiger partial charge on any atom is -0.298 e. The number of carbonyl (C=O) groups excluding carboxylic acids is 1. The van der Waals surface area contributed by atoms with Crippen LogP contribution in [0.3, 0.4) is 0 Å². The zero-order chi connectivity index (χ0) is 14.8. The van der Waals surface area contributed by atoms with Gasteiger partial charge in [-0.15, -0.1) is 0 Å². The van der Waals surface area contributed by atoms with E-state index in [0.29, 0.717) is 0 Å². The molecular weight excluding hydrogens is 260 g/mol. The van der Waals surface area contributed by atoms with Crippen LogP contribution in [0.15, 0.2) is 29.2 Å². The third-order valence-corrected chi connectivity index (χ3v) is 5.44. The second kappa shape index (κ2) is 5.45. The highest BCUT2D eigenvalue weighted by Crippen LogP contribution is 2.25. The highest BCUT2D eigenvalue weighted by Gasteiger charge is 2.28. The number of carbonyl (C=O) groups is 1. The van der Waals surface area contributed by atoms with Gasteiger partial charge in [-0.05, 0) is 30.0 Å². The monoisotopic (exact) mass is 282 g/mol. The largest absolute Gasteiger partial charge is 0.298 e. The predicted molar refractivity (Wildman–Crippen MR) is 77.1 cm³/mol. The van der Waals surface area contributed by atoms with Gasteiger partial charge in [-0.1, -0.05) is 39.8 Å². The lowest BCUT2D eigenvalue weighted by atomic mass is 9.87. The summed E-state index contributed by atoms with van der Waals surface area (Å²) in [5.41, 5.74) is 1.05. The van der Waals surface area contributed by atoms with Crippen LogP contribution in [0.25, 0.3) is 0 Å². The Balaban J connectivity index is 3.14. The Morgan fingerprint density at radius 3 is 2.00 bits per heavy atom. The predicted octanol–water partition coefficient (Wildman–Crippen LogP) is 3.13. The van der Waals surface area contributed by atoms with Gasteiger partial charge < -0.3 is 0 Å². The molecule has 1 rings (SSSR count). The molecule has 0 spiro atoms. The first kappa shape index (κ1) is 15.9. The molecule has 0 bridgehead atoms. The van der Waals surface area contributed by atoms with Gasteiger partial charge in [0.1, 0.15) is 5.25 Å². The first-order valence-corrected chi connectivity index (χ1v) is 8.02. The van der Waals surface area contributed by atoms with Crippen LogP contribution in [0.1, 0.15) is 46.6 Å². The van der Waals surface area contributed by atoms with E-state index in [-0.39, 0.29) is 22.5 Å². The van der Waals surface area contributed by atoms with Gasteiger partial charge in [-0.3, -0.25) is 4.79 Å². The Morgan fingerprint density at radius 2 is 1.63 bits per heavy atom. The van der Waals surface area contributed by atoms with Gasteiger partial charge >= 0.3 is 0 Å². The zero-order valence-corrected chi connectivity index (χ0v) is 13.0. The summed E-state index contributed by atoms with van der Waals surface area (Å²) in [6, 6.07) is 6.82. The average Bonchev–Trinajstić information content (AvgIpc) is 2.36. The van der Waals surface area contributed by atoms with Gasteiger partial charge in [0.2, 0.25) is 0 Å². The van der Waals surface area contributed by atoms with Crippen LogP contribution in [0.2, 0.25) is 0 Å². The number of benzene rings is 1. The van der Waals surface area contributed by atoms with Crippen molar-refractivity contribution in [3.63, 3.8) is 0 Å².